The van der Waals surface area contributed by atoms with Gasteiger partial charge in [-0.25, -0.2) is 4.39 Å². The molecule has 0 amide bonds. The number of thioether (sulfide) groups is 1. The van der Waals surface area contributed by atoms with E-state index in [1.807, 2.05) is 0 Å². The predicted molar refractivity (Wildman–Crippen MR) is 72.9 cm³/mol. The third-order valence-electron chi connectivity index (χ3n) is 2.54. The molecule has 2 aromatic rings. The normalized spacial score (nSPS) is 12.2. The van der Waals surface area contributed by atoms with E-state index >= 15 is 0 Å². The molecule has 100 valence electrons. The highest BCUT2D eigenvalue weighted by Crippen LogP contribution is 2.28. The van der Waals surface area contributed by atoms with E-state index in [1.165, 1.54) is 31.0 Å². The maximum absolute atomic E-state index is 13.0. The van der Waals surface area contributed by atoms with Crippen LogP contribution in [0.3, 0.4) is 0 Å². The number of nitrogens with zero attached hydrogens (tertiary/aromatic N) is 1. The third-order valence-corrected chi connectivity index (χ3v) is 3.61. The van der Waals surface area contributed by atoms with Crippen LogP contribution < -0.4 is 4.74 Å². The Hall–Kier alpha value is -1.59. The molecule has 1 aromatic heterocycles. The monoisotopic (exact) mass is 279 g/mol. The Morgan fingerprint density at radius 2 is 2.21 bits per heavy atom. The summed E-state index contributed by atoms with van der Waals surface area (Å²) in [6, 6.07) is 9.77. The molecule has 0 aliphatic rings. The number of pyridine rings is 1. The summed E-state index contributed by atoms with van der Waals surface area (Å²) in [4.78, 5) is 4.89. The largest absolute Gasteiger partial charge is 0.495 e. The smallest absolute Gasteiger partial charge is 0.143 e. The van der Waals surface area contributed by atoms with Crippen LogP contribution in [0.1, 0.15) is 11.8 Å². The van der Waals surface area contributed by atoms with Gasteiger partial charge in [0, 0.05) is 16.8 Å². The standard InChI is InChI=1S/C14H14FNO2S/c1-18-13-6-3-7-16-14(13)12(17)9-19-11-5-2-4-10(15)8-11/h2-8,12,17H,9H2,1H3. The van der Waals surface area contributed by atoms with Crippen molar-refractivity contribution in [2.75, 3.05) is 12.9 Å². The second kappa shape index (κ2) is 6.54. The van der Waals surface area contributed by atoms with E-state index in [0.717, 1.165) is 4.90 Å². The topological polar surface area (TPSA) is 42.4 Å². The van der Waals surface area contributed by atoms with Crippen LogP contribution in [0, 0.1) is 5.82 Å². The first-order valence-electron chi connectivity index (χ1n) is 5.76. The molecule has 0 aliphatic carbocycles. The second-order valence-corrected chi connectivity index (χ2v) is 4.97. The number of aromatic nitrogens is 1. The van der Waals surface area contributed by atoms with E-state index in [1.54, 1.807) is 30.5 Å². The van der Waals surface area contributed by atoms with Crippen LogP contribution in [0.15, 0.2) is 47.5 Å². The molecule has 0 bridgehead atoms. The van der Waals surface area contributed by atoms with Gasteiger partial charge in [-0.15, -0.1) is 11.8 Å². The molecular formula is C14H14FNO2S. The zero-order valence-corrected chi connectivity index (χ0v) is 11.2. The Morgan fingerprint density at radius 1 is 1.37 bits per heavy atom. The quantitative estimate of drug-likeness (QED) is 0.854. The van der Waals surface area contributed by atoms with Gasteiger partial charge in [-0.2, -0.15) is 0 Å². The van der Waals surface area contributed by atoms with Gasteiger partial charge in [-0.05, 0) is 30.3 Å². The number of methoxy groups -OCH3 is 1. The molecule has 1 N–H and O–H groups in total. The lowest BCUT2D eigenvalue weighted by molar-refractivity contribution is 0.193. The van der Waals surface area contributed by atoms with Crippen molar-refractivity contribution in [3.8, 4) is 5.75 Å². The van der Waals surface area contributed by atoms with Crippen molar-refractivity contribution in [3.05, 3.63) is 54.1 Å². The predicted octanol–water partition coefficient (Wildman–Crippen LogP) is 3.06. The van der Waals surface area contributed by atoms with Gasteiger partial charge in [0.25, 0.3) is 0 Å². The van der Waals surface area contributed by atoms with Crippen LogP contribution in [-0.4, -0.2) is 23.0 Å². The number of hydrogen-bond donors (Lipinski definition) is 1. The van der Waals surface area contributed by atoms with E-state index in [4.69, 9.17) is 4.74 Å². The first-order chi connectivity index (χ1) is 9.20. The molecule has 2 rings (SSSR count). The number of ether oxygens (including phenoxy) is 1. The second-order valence-electron chi connectivity index (χ2n) is 3.88. The Bertz CT molecular complexity index is 550. The van der Waals surface area contributed by atoms with E-state index in [0.29, 0.717) is 17.2 Å². The lowest BCUT2D eigenvalue weighted by Crippen LogP contribution is -2.05. The molecule has 19 heavy (non-hydrogen) atoms. The Balaban J connectivity index is 2.03. The van der Waals surface area contributed by atoms with Crippen LogP contribution in [0.4, 0.5) is 4.39 Å². The van der Waals surface area contributed by atoms with Crippen LogP contribution >= 0.6 is 11.8 Å². The van der Waals surface area contributed by atoms with E-state index < -0.39 is 6.10 Å². The fourth-order valence-electron chi connectivity index (χ4n) is 1.64. The average molecular weight is 279 g/mol. The molecule has 0 saturated carbocycles. The van der Waals surface area contributed by atoms with Gasteiger partial charge >= 0.3 is 0 Å². The molecule has 5 heteroatoms. The maximum Gasteiger partial charge on any atom is 0.143 e. The highest BCUT2D eigenvalue weighted by atomic mass is 32.2. The fraction of sp³-hybridized carbons (Fsp3) is 0.214. The fourth-order valence-corrected chi connectivity index (χ4v) is 2.52. The lowest BCUT2D eigenvalue weighted by Gasteiger charge is -2.13. The Kier molecular flexibility index (Phi) is 4.76. The SMILES string of the molecule is COc1cccnc1C(O)CSc1cccc(F)c1. The van der Waals surface area contributed by atoms with Gasteiger partial charge in [0.2, 0.25) is 0 Å². The van der Waals surface area contributed by atoms with Crippen molar-refractivity contribution in [1.82, 2.24) is 4.98 Å². The molecule has 0 fully saturated rings. The molecule has 1 heterocycles. The summed E-state index contributed by atoms with van der Waals surface area (Å²) in [6.45, 7) is 0. The summed E-state index contributed by atoms with van der Waals surface area (Å²) < 4.78 is 18.2. The van der Waals surface area contributed by atoms with E-state index in [9.17, 15) is 9.50 Å². The summed E-state index contributed by atoms with van der Waals surface area (Å²) in [5, 5.41) is 10.1. The molecular weight excluding hydrogens is 265 g/mol. The van der Waals surface area contributed by atoms with E-state index in [-0.39, 0.29) is 5.82 Å². The van der Waals surface area contributed by atoms with Crippen LogP contribution in [0.5, 0.6) is 5.75 Å². The third kappa shape index (κ3) is 3.68. The number of halogens is 1. The van der Waals surface area contributed by atoms with Gasteiger partial charge in [-0.3, -0.25) is 4.98 Å². The van der Waals surface area contributed by atoms with Crippen molar-refractivity contribution in [1.29, 1.82) is 0 Å². The highest BCUT2D eigenvalue weighted by molar-refractivity contribution is 7.99. The van der Waals surface area contributed by atoms with Crippen molar-refractivity contribution < 1.29 is 14.2 Å². The average Bonchev–Trinajstić information content (AvgIpc) is 2.45. The minimum absolute atomic E-state index is 0.282. The summed E-state index contributed by atoms with van der Waals surface area (Å²) in [7, 11) is 1.53. The minimum atomic E-state index is -0.760. The van der Waals surface area contributed by atoms with Gasteiger partial charge in [0.05, 0.1) is 7.11 Å². The van der Waals surface area contributed by atoms with Gasteiger partial charge in [0.15, 0.2) is 0 Å². The van der Waals surface area contributed by atoms with Crippen molar-refractivity contribution >= 4 is 11.8 Å². The Morgan fingerprint density at radius 3 is 2.95 bits per heavy atom. The maximum atomic E-state index is 13.0. The summed E-state index contributed by atoms with van der Waals surface area (Å²) >= 11 is 1.37. The van der Waals surface area contributed by atoms with Gasteiger partial charge in [0.1, 0.15) is 23.4 Å². The number of hydrogen-bond acceptors (Lipinski definition) is 4. The molecule has 0 saturated heterocycles. The lowest BCUT2D eigenvalue weighted by atomic mass is 10.2. The first-order valence-corrected chi connectivity index (χ1v) is 6.74. The Labute approximate surface area is 115 Å². The zero-order chi connectivity index (χ0) is 13.7. The van der Waals surface area contributed by atoms with E-state index in [2.05, 4.69) is 4.98 Å². The molecule has 1 atom stereocenters. The van der Waals surface area contributed by atoms with Crippen molar-refractivity contribution in [3.63, 3.8) is 0 Å². The molecule has 0 aliphatic heterocycles. The zero-order valence-electron chi connectivity index (χ0n) is 10.4. The molecule has 1 aromatic carbocycles. The first kappa shape index (κ1) is 13.8. The minimum Gasteiger partial charge on any atom is -0.495 e. The van der Waals surface area contributed by atoms with Gasteiger partial charge in [-0.1, -0.05) is 6.07 Å². The number of rotatable bonds is 5. The molecule has 1 unspecified atom stereocenters. The number of benzene rings is 1. The molecule has 0 radical (unpaired) electrons. The summed E-state index contributed by atoms with van der Waals surface area (Å²) in [6.07, 6.45) is 0.845. The highest BCUT2D eigenvalue weighted by Gasteiger charge is 2.14. The summed E-state index contributed by atoms with van der Waals surface area (Å²) in [5.74, 6) is 0.654. The summed E-state index contributed by atoms with van der Waals surface area (Å²) in [5.41, 5.74) is 0.494. The van der Waals surface area contributed by atoms with Crippen LogP contribution in [-0.2, 0) is 0 Å². The molecule has 0 spiro atoms. The van der Waals surface area contributed by atoms with Crippen molar-refractivity contribution in [2.45, 2.75) is 11.0 Å². The van der Waals surface area contributed by atoms with Crippen LogP contribution in [0.25, 0.3) is 0 Å². The number of aliphatic hydroxyl groups excluding tert-OH is 1. The van der Waals surface area contributed by atoms with Gasteiger partial charge < -0.3 is 9.84 Å². The van der Waals surface area contributed by atoms with Crippen molar-refractivity contribution in [2.24, 2.45) is 0 Å². The number of aliphatic hydroxyl groups is 1. The molecule has 3 nitrogen and oxygen atoms in total. The van der Waals surface area contributed by atoms with Crippen LogP contribution in [0.2, 0.25) is 0 Å².